The first kappa shape index (κ1) is 8.41. The Labute approximate surface area is 79.9 Å². The van der Waals surface area contributed by atoms with E-state index in [2.05, 4.69) is 9.36 Å². The molecule has 0 N–H and O–H groups in total. The van der Waals surface area contributed by atoms with E-state index in [1.165, 1.54) is 18.0 Å². The van der Waals surface area contributed by atoms with Crippen molar-refractivity contribution in [1.82, 2.24) is 9.36 Å². The van der Waals surface area contributed by atoms with Crippen LogP contribution >= 0.6 is 23.1 Å². The second-order valence-corrected chi connectivity index (χ2v) is 4.26. The SMILES string of the molecule is COC1(c2nsc(Cl)n2)CCC1. The molecule has 12 heavy (non-hydrogen) atoms. The minimum atomic E-state index is -0.219. The highest BCUT2D eigenvalue weighted by molar-refractivity contribution is 7.10. The van der Waals surface area contributed by atoms with Gasteiger partial charge in [-0.1, -0.05) is 0 Å². The Morgan fingerprint density at radius 1 is 1.58 bits per heavy atom. The molecule has 0 atom stereocenters. The number of nitrogens with zero attached hydrogens (tertiary/aromatic N) is 2. The predicted octanol–water partition coefficient (Wildman–Crippen LogP) is 2.22. The summed E-state index contributed by atoms with van der Waals surface area (Å²) in [5.74, 6) is 0.756. The summed E-state index contributed by atoms with van der Waals surface area (Å²) in [5, 5.41) is 0. The lowest BCUT2D eigenvalue weighted by Crippen LogP contribution is -2.37. The summed E-state index contributed by atoms with van der Waals surface area (Å²) in [6.45, 7) is 0. The second kappa shape index (κ2) is 2.94. The molecule has 1 aliphatic carbocycles. The average molecular weight is 205 g/mol. The smallest absolute Gasteiger partial charge is 0.203 e. The summed E-state index contributed by atoms with van der Waals surface area (Å²) in [7, 11) is 1.70. The van der Waals surface area contributed by atoms with E-state index < -0.39 is 0 Å². The minimum Gasteiger partial charge on any atom is -0.370 e. The maximum Gasteiger partial charge on any atom is 0.203 e. The molecule has 0 bridgehead atoms. The zero-order chi connectivity index (χ0) is 8.60. The monoisotopic (exact) mass is 204 g/mol. The zero-order valence-corrected chi connectivity index (χ0v) is 8.28. The van der Waals surface area contributed by atoms with E-state index in [1.807, 2.05) is 0 Å². The van der Waals surface area contributed by atoms with Crippen molar-refractivity contribution in [3.05, 3.63) is 10.3 Å². The molecule has 1 aromatic rings. The maximum atomic E-state index is 5.69. The first-order valence-electron chi connectivity index (χ1n) is 3.82. The fraction of sp³-hybridized carbons (Fsp3) is 0.714. The van der Waals surface area contributed by atoms with Gasteiger partial charge in [-0.3, -0.25) is 0 Å². The van der Waals surface area contributed by atoms with Crippen LogP contribution in [0.2, 0.25) is 4.47 Å². The number of aromatic nitrogens is 2. The molecule has 0 amide bonds. The van der Waals surface area contributed by atoms with E-state index in [1.54, 1.807) is 7.11 Å². The molecule has 1 aromatic heterocycles. The van der Waals surface area contributed by atoms with Crippen LogP contribution in [0.5, 0.6) is 0 Å². The Balaban J connectivity index is 2.27. The number of rotatable bonds is 2. The summed E-state index contributed by atoms with van der Waals surface area (Å²) in [4.78, 5) is 4.12. The number of hydrogen-bond acceptors (Lipinski definition) is 4. The lowest BCUT2D eigenvalue weighted by atomic mass is 9.79. The van der Waals surface area contributed by atoms with Crippen LogP contribution in [0, 0.1) is 0 Å². The van der Waals surface area contributed by atoms with Gasteiger partial charge in [0.15, 0.2) is 5.82 Å². The molecule has 0 aromatic carbocycles. The largest absolute Gasteiger partial charge is 0.370 e. The molecule has 0 radical (unpaired) electrons. The Morgan fingerprint density at radius 3 is 2.67 bits per heavy atom. The molecule has 1 heterocycles. The molecule has 0 spiro atoms. The van der Waals surface area contributed by atoms with Crippen molar-refractivity contribution >= 4 is 23.1 Å². The summed E-state index contributed by atoms with van der Waals surface area (Å²) in [5.41, 5.74) is -0.219. The van der Waals surface area contributed by atoms with Gasteiger partial charge in [0.1, 0.15) is 5.60 Å². The molecule has 5 heteroatoms. The van der Waals surface area contributed by atoms with E-state index in [4.69, 9.17) is 16.3 Å². The molecular weight excluding hydrogens is 196 g/mol. The first-order chi connectivity index (χ1) is 5.77. The molecule has 1 fully saturated rings. The van der Waals surface area contributed by atoms with Crippen molar-refractivity contribution in [1.29, 1.82) is 0 Å². The average Bonchev–Trinajstić information content (AvgIpc) is 2.35. The van der Waals surface area contributed by atoms with Crippen molar-refractivity contribution in [2.45, 2.75) is 24.9 Å². The highest BCUT2D eigenvalue weighted by Gasteiger charge is 2.42. The molecule has 1 saturated carbocycles. The topological polar surface area (TPSA) is 35.0 Å². The number of hydrogen-bond donors (Lipinski definition) is 0. The Morgan fingerprint density at radius 2 is 2.33 bits per heavy atom. The standard InChI is InChI=1S/C7H9ClN2OS/c1-11-7(3-2-4-7)5-9-6(8)12-10-5/h2-4H2,1H3. The van der Waals surface area contributed by atoms with Crippen LogP contribution < -0.4 is 0 Å². The van der Waals surface area contributed by atoms with Crippen LogP contribution in [0.15, 0.2) is 0 Å². The molecule has 0 saturated heterocycles. The number of halogens is 1. The predicted molar refractivity (Wildman–Crippen MR) is 47.5 cm³/mol. The highest BCUT2D eigenvalue weighted by Crippen LogP contribution is 2.43. The van der Waals surface area contributed by atoms with Gasteiger partial charge in [0.25, 0.3) is 0 Å². The summed E-state index contributed by atoms with van der Waals surface area (Å²) in [6.07, 6.45) is 3.21. The normalized spacial score (nSPS) is 20.5. The van der Waals surface area contributed by atoms with E-state index in [9.17, 15) is 0 Å². The molecule has 1 aliphatic rings. The van der Waals surface area contributed by atoms with E-state index in [0.717, 1.165) is 18.7 Å². The van der Waals surface area contributed by atoms with Gasteiger partial charge in [-0.15, -0.1) is 0 Å². The molecule has 0 aliphatic heterocycles. The van der Waals surface area contributed by atoms with Gasteiger partial charge in [0.05, 0.1) is 0 Å². The fourth-order valence-corrected chi connectivity index (χ4v) is 2.09. The van der Waals surface area contributed by atoms with Crippen molar-refractivity contribution < 1.29 is 4.74 Å². The fourth-order valence-electron chi connectivity index (χ4n) is 1.41. The lowest BCUT2D eigenvalue weighted by Gasteiger charge is -2.37. The van der Waals surface area contributed by atoms with Crippen LogP contribution in [0.25, 0.3) is 0 Å². The third kappa shape index (κ3) is 1.14. The summed E-state index contributed by atoms with van der Waals surface area (Å²) in [6, 6.07) is 0. The van der Waals surface area contributed by atoms with Gasteiger partial charge >= 0.3 is 0 Å². The quantitative estimate of drug-likeness (QED) is 0.741. The van der Waals surface area contributed by atoms with Crippen molar-refractivity contribution in [3.63, 3.8) is 0 Å². The minimum absolute atomic E-state index is 0.219. The highest BCUT2D eigenvalue weighted by atomic mass is 35.5. The second-order valence-electron chi connectivity index (χ2n) is 2.92. The first-order valence-corrected chi connectivity index (χ1v) is 4.97. The third-order valence-corrected chi connectivity index (χ3v) is 3.16. The van der Waals surface area contributed by atoms with E-state index in [-0.39, 0.29) is 5.60 Å². The summed E-state index contributed by atoms with van der Waals surface area (Å²) >= 11 is 6.91. The number of methoxy groups -OCH3 is 1. The van der Waals surface area contributed by atoms with Crippen molar-refractivity contribution in [3.8, 4) is 0 Å². The third-order valence-electron chi connectivity index (χ3n) is 2.36. The van der Waals surface area contributed by atoms with Gasteiger partial charge in [0, 0.05) is 7.11 Å². The van der Waals surface area contributed by atoms with Crippen LogP contribution in [0.1, 0.15) is 25.1 Å². The van der Waals surface area contributed by atoms with E-state index in [0.29, 0.717) is 4.47 Å². The Hall–Kier alpha value is -0.190. The van der Waals surface area contributed by atoms with E-state index >= 15 is 0 Å². The molecule has 0 unspecified atom stereocenters. The lowest BCUT2D eigenvalue weighted by molar-refractivity contribution is -0.0838. The van der Waals surface area contributed by atoms with Crippen LogP contribution in [-0.4, -0.2) is 16.5 Å². The maximum absolute atomic E-state index is 5.69. The zero-order valence-electron chi connectivity index (χ0n) is 6.71. The van der Waals surface area contributed by atoms with Gasteiger partial charge in [-0.2, -0.15) is 4.37 Å². The molecule has 3 nitrogen and oxygen atoms in total. The Kier molecular flexibility index (Phi) is 2.06. The molecule has 2 rings (SSSR count). The van der Waals surface area contributed by atoms with Crippen LogP contribution in [0.4, 0.5) is 0 Å². The van der Waals surface area contributed by atoms with Crippen molar-refractivity contribution in [2.75, 3.05) is 7.11 Å². The molecule has 66 valence electrons. The van der Waals surface area contributed by atoms with Crippen LogP contribution in [-0.2, 0) is 10.3 Å². The van der Waals surface area contributed by atoms with Crippen LogP contribution in [0.3, 0.4) is 0 Å². The van der Waals surface area contributed by atoms with Gasteiger partial charge < -0.3 is 4.74 Å². The van der Waals surface area contributed by atoms with Gasteiger partial charge in [0.2, 0.25) is 4.47 Å². The number of ether oxygens (including phenoxy) is 1. The van der Waals surface area contributed by atoms with Crippen molar-refractivity contribution in [2.24, 2.45) is 0 Å². The van der Waals surface area contributed by atoms with Gasteiger partial charge in [-0.25, -0.2) is 4.98 Å². The summed E-state index contributed by atoms with van der Waals surface area (Å²) < 4.78 is 10.0. The van der Waals surface area contributed by atoms with Gasteiger partial charge in [-0.05, 0) is 42.4 Å². The molecular formula is C7H9ClN2OS. The Bertz CT molecular complexity index is 279.